The van der Waals surface area contributed by atoms with Crippen molar-refractivity contribution in [3.8, 4) is 27.6 Å². The zero-order valence-corrected chi connectivity index (χ0v) is 21.6. The Morgan fingerprint density at radius 1 is 1.19 bits per heavy atom. The minimum Gasteiger partial charge on any atom is -0.495 e. The fraction of sp³-hybridized carbons (Fsp3) is 0.400. The van der Waals surface area contributed by atoms with Crippen molar-refractivity contribution in [3.05, 3.63) is 42.0 Å². The van der Waals surface area contributed by atoms with Gasteiger partial charge in [-0.25, -0.2) is 13.4 Å². The van der Waals surface area contributed by atoms with E-state index in [1.54, 1.807) is 30.6 Å². The Hall–Kier alpha value is -2.86. The van der Waals surface area contributed by atoms with Crippen molar-refractivity contribution in [2.75, 3.05) is 38.7 Å². The summed E-state index contributed by atoms with van der Waals surface area (Å²) in [6, 6.07) is 6.83. The number of carbonyl (C=O) groups excluding carboxylic acids is 1. The van der Waals surface area contributed by atoms with E-state index in [0.717, 1.165) is 23.4 Å². The van der Waals surface area contributed by atoms with Gasteiger partial charge in [0.15, 0.2) is 0 Å². The first-order valence-electron chi connectivity index (χ1n) is 11.9. The van der Waals surface area contributed by atoms with Gasteiger partial charge in [0, 0.05) is 30.5 Å². The van der Waals surface area contributed by atoms with Crippen LogP contribution in [0.15, 0.2) is 46.9 Å². The number of thiophene rings is 1. The molecule has 0 spiro atoms. The molecule has 0 unspecified atom stereocenters. The Labute approximate surface area is 214 Å². The van der Waals surface area contributed by atoms with E-state index < -0.39 is 10.0 Å². The van der Waals surface area contributed by atoms with Gasteiger partial charge in [0.1, 0.15) is 10.6 Å². The summed E-state index contributed by atoms with van der Waals surface area (Å²) in [5.41, 5.74) is 2.70. The van der Waals surface area contributed by atoms with E-state index in [0.29, 0.717) is 55.6 Å². The van der Waals surface area contributed by atoms with Crippen molar-refractivity contribution in [1.82, 2.24) is 14.3 Å². The Balaban J connectivity index is 1.35. The van der Waals surface area contributed by atoms with Crippen LogP contribution in [0.25, 0.3) is 21.8 Å². The Bertz CT molecular complexity index is 1350. The molecule has 1 saturated heterocycles. The van der Waals surface area contributed by atoms with Gasteiger partial charge in [-0.3, -0.25) is 9.78 Å². The maximum absolute atomic E-state index is 13.1. The third-order valence-electron chi connectivity index (χ3n) is 6.52. The molecule has 5 rings (SSSR count). The van der Waals surface area contributed by atoms with E-state index in [9.17, 15) is 13.2 Å². The van der Waals surface area contributed by atoms with Crippen LogP contribution < -0.4 is 10.1 Å². The minimum absolute atomic E-state index is 0.0445. The lowest BCUT2D eigenvalue weighted by atomic mass is 9.83. The predicted molar refractivity (Wildman–Crippen MR) is 137 cm³/mol. The molecule has 9 nitrogen and oxygen atoms in total. The van der Waals surface area contributed by atoms with Crippen LogP contribution >= 0.6 is 11.3 Å². The van der Waals surface area contributed by atoms with Gasteiger partial charge in [-0.15, -0.1) is 11.3 Å². The van der Waals surface area contributed by atoms with E-state index in [1.807, 2.05) is 11.4 Å². The molecule has 2 aromatic heterocycles. The Morgan fingerprint density at radius 2 is 1.97 bits per heavy atom. The molecule has 1 aliphatic heterocycles. The summed E-state index contributed by atoms with van der Waals surface area (Å²) in [7, 11) is -2.26. The van der Waals surface area contributed by atoms with Crippen LogP contribution in [0.3, 0.4) is 0 Å². The second-order valence-corrected chi connectivity index (χ2v) is 11.7. The van der Waals surface area contributed by atoms with Gasteiger partial charge in [-0.05, 0) is 37.0 Å². The summed E-state index contributed by atoms with van der Waals surface area (Å²) in [5.74, 6) is 0.805. The van der Waals surface area contributed by atoms with Crippen LogP contribution in [-0.4, -0.2) is 62.0 Å². The van der Waals surface area contributed by atoms with Gasteiger partial charge in [0.25, 0.3) is 0 Å². The summed E-state index contributed by atoms with van der Waals surface area (Å²) < 4.78 is 38.4. The molecule has 11 heteroatoms. The maximum atomic E-state index is 13.1. The fourth-order valence-electron chi connectivity index (χ4n) is 4.30. The number of sulfonamides is 1. The zero-order chi connectivity index (χ0) is 25.1. The van der Waals surface area contributed by atoms with Crippen molar-refractivity contribution < 1.29 is 22.7 Å². The van der Waals surface area contributed by atoms with Crippen LogP contribution in [0.5, 0.6) is 5.75 Å². The van der Waals surface area contributed by atoms with Crippen molar-refractivity contribution >= 4 is 33.0 Å². The highest BCUT2D eigenvalue weighted by Gasteiger charge is 2.29. The van der Waals surface area contributed by atoms with Gasteiger partial charge < -0.3 is 14.8 Å². The molecular weight excluding hydrogens is 500 g/mol. The third kappa shape index (κ3) is 5.29. The number of rotatable bonds is 8. The minimum atomic E-state index is -3.71. The maximum Gasteiger partial charge on any atom is 0.246 e. The third-order valence-corrected chi connectivity index (χ3v) is 9.41. The van der Waals surface area contributed by atoms with E-state index in [2.05, 4.69) is 10.3 Å². The molecule has 2 aliphatic rings. The molecule has 3 aromatic rings. The van der Waals surface area contributed by atoms with Crippen molar-refractivity contribution in [2.45, 2.75) is 30.6 Å². The smallest absolute Gasteiger partial charge is 0.246 e. The quantitative estimate of drug-likeness (QED) is 0.470. The van der Waals surface area contributed by atoms with Crippen LogP contribution in [0, 0.1) is 5.92 Å². The molecule has 190 valence electrons. The Morgan fingerprint density at radius 3 is 2.69 bits per heavy atom. The van der Waals surface area contributed by atoms with Crippen LogP contribution in [0.4, 0.5) is 5.69 Å². The molecule has 3 heterocycles. The van der Waals surface area contributed by atoms with Crippen molar-refractivity contribution in [2.24, 2.45) is 5.92 Å². The van der Waals surface area contributed by atoms with Gasteiger partial charge in [0.2, 0.25) is 15.9 Å². The number of methoxy groups -OCH3 is 1. The molecule has 1 aliphatic carbocycles. The summed E-state index contributed by atoms with van der Waals surface area (Å²) in [6.45, 7) is 1.36. The van der Waals surface area contributed by atoms with Gasteiger partial charge in [-0.1, -0.05) is 12.5 Å². The number of carbonyl (C=O) groups is 1. The second kappa shape index (κ2) is 10.6. The first kappa shape index (κ1) is 24.8. The summed E-state index contributed by atoms with van der Waals surface area (Å²) >= 11 is 1.48. The standard InChI is InChI=1S/C25H28N4O5S2/c1-33-22-12-18(5-6-24(22)36(31,32)29-7-9-34-10-8-29)20-14-26-15-21(28-20)23-13-19(16-35-23)27-25(30)11-17-3-2-4-17/h5-6,12-17H,2-4,7-11H2,1H3,(H,27,30). The normalized spacial score (nSPS) is 16.9. The summed E-state index contributed by atoms with van der Waals surface area (Å²) in [5, 5.41) is 4.88. The molecule has 0 bridgehead atoms. The van der Waals surface area contributed by atoms with Crippen LogP contribution in [-0.2, 0) is 19.6 Å². The number of aromatic nitrogens is 2. The highest BCUT2D eigenvalue weighted by atomic mass is 32.2. The number of anilines is 1. The first-order valence-corrected chi connectivity index (χ1v) is 14.2. The number of nitrogens with one attached hydrogen (secondary N) is 1. The Kier molecular flexibility index (Phi) is 7.33. The van der Waals surface area contributed by atoms with E-state index in [4.69, 9.17) is 14.5 Å². The molecule has 36 heavy (non-hydrogen) atoms. The number of morpholine rings is 1. The first-order chi connectivity index (χ1) is 17.4. The zero-order valence-electron chi connectivity index (χ0n) is 20.0. The number of nitrogens with zero attached hydrogens (tertiary/aromatic N) is 3. The summed E-state index contributed by atoms with van der Waals surface area (Å²) in [4.78, 5) is 22.3. The topological polar surface area (TPSA) is 111 Å². The van der Waals surface area contributed by atoms with Gasteiger partial charge in [0.05, 0.1) is 54.7 Å². The van der Waals surface area contributed by atoms with Crippen molar-refractivity contribution in [3.63, 3.8) is 0 Å². The van der Waals surface area contributed by atoms with Gasteiger partial charge >= 0.3 is 0 Å². The lowest BCUT2D eigenvalue weighted by Crippen LogP contribution is -2.40. The highest BCUT2D eigenvalue weighted by molar-refractivity contribution is 7.89. The average Bonchev–Trinajstić information content (AvgIpc) is 3.35. The van der Waals surface area contributed by atoms with E-state index in [1.165, 1.54) is 29.2 Å². The number of ether oxygens (including phenoxy) is 2. The lowest BCUT2D eigenvalue weighted by Gasteiger charge is -2.26. The molecule has 1 N–H and O–H groups in total. The molecule has 0 radical (unpaired) electrons. The SMILES string of the molecule is COc1cc(-c2cncc(-c3cc(NC(=O)CC4CCC4)cs3)n2)ccc1S(=O)(=O)N1CCOCC1. The van der Waals surface area contributed by atoms with Crippen LogP contribution in [0.2, 0.25) is 0 Å². The lowest BCUT2D eigenvalue weighted by molar-refractivity contribution is -0.117. The van der Waals surface area contributed by atoms with E-state index >= 15 is 0 Å². The molecule has 0 atom stereocenters. The van der Waals surface area contributed by atoms with Gasteiger partial charge in [-0.2, -0.15) is 4.31 Å². The number of amides is 1. The molecule has 1 saturated carbocycles. The number of hydrogen-bond donors (Lipinski definition) is 1. The monoisotopic (exact) mass is 528 g/mol. The highest BCUT2D eigenvalue weighted by Crippen LogP contribution is 2.34. The molecule has 1 aromatic carbocycles. The fourth-order valence-corrected chi connectivity index (χ4v) is 6.64. The molecule has 2 fully saturated rings. The predicted octanol–water partition coefficient (Wildman–Crippen LogP) is 4.03. The van der Waals surface area contributed by atoms with Crippen molar-refractivity contribution in [1.29, 1.82) is 0 Å². The average molecular weight is 529 g/mol. The number of hydrogen-bond acceptors (Lipinski definition) is 8. The van der Waals surface area contributed by atoms with E-state index in [-0.39, 0.29) is 16.6 Å². The molecule has 1 amide bonds. The number of benzene rings is 1. The molecular formula is C25H28N4O5S2. The summed E-state index contributed by atoms with van der Waals surface area (Å²) in [6.07, 6.45) is 7.35. The second-order valence-electron chi connectivity index (χ2n) is 8.92. The largest absolute Gasteiger partial charge is 0.495 e. The van der Waals surface area contributed by atoms with Crippen LogP contribution in [0.1, 0.15) is 25.7 Å².